The number of thiocarbonyl (C=S) groups is 1. The van der Waals surface area contributed by atoms with Gasteiger partial charge in [0, 0.05) is 35.9 Å². The number of benzene rings is 2. The third-order valence-electron chi connectivity index (χ3n) is 4.74. The molecule has 4 rings (SSSR count). The number of aromatic nitrogens is 1. The summed E-state index contributed by atoms with van der Waals surface area (Å²) in [5.41, 5.74) is 2.52. The molecule has 1 amide bonds. The Kier molecular flexibility index (Phi) is 5.65. The Hall–Kier alpha value is -4.11. The van der Waals surface area contributed by atoms with Gasteiger partial charge in [0.2, 0.25) is 17.7 Å². The normalized spacial score (nSPS) is 13.0. The van der Waals surface area contributed by atoms with E-state index < -0.39 is 4.92 Å². The Morgan fingerprint density at radius 3 is 2.72 bits per heavy atom. The van der Waals surface area contributed by atoms with Crippen LogP contribution in [0, 0.1) is 10.1 Å². The van der Waals surface area contributed by atoms with Crippen LogP contribution >= 0.6 is 12.2 Å². The molecule has 32 heavy (non-hydrogen) atoms. The maximum Gasteiger partial charge on any atom is 0.270 e. The van der Waals surface area contributed by atoms with E-state index in [-0.39, 0.29) is 29.1 Å². The van der Waals surface area contributed by atoms with Crippen molar-refractivity contribution < 1.29 is 19.2 Å². The largest absolute Gasteiger partial charge is 0.507 e. The zero-order valence-corrected chi connectivity index (χ0v) is 17.7. The first-order chi connectivity index (χ1) is 15.3. The van der Waals surface area contributed by atoms with Crippen LogP contribution in [0.2, 0.25) is 0 Å². The highest BCUT2D eigenvalue weighted by atomic mass is 32.1. The van der Waals surface area contributed by atoms with E-state index in [0.29, 0.717) is 34.4 Å². The third-order valence-corrected chi connectivity index (χ3v) is 5.03. The lowest BCUT2D eigenvalue weighted by atomic mass is 10.0. The number of nitrogens with zero attached hydrogens (tertiary/aromatic N) is 2. The van der Waals surface area contributed by atoms with Gasteiger partial charge in [-0.25, -0.2) is 4.98 Å². The van der Waals surface area contributed by atoms with Crippen molar-refractivity contribution >= 4 is 40.1 Å². The van der Waals surface area contributed by atoms with Crippen LogP contribution < -0.4 is 5.32 Å². The number of nitro benzene ring substituents is 1. The molecule has 0 aliphatic heterocycles. The van der Waals surface area contributed by atoms with Gasteiger partial charge < -0.3 is 9.52 Å². The van der Waals surface area contributed by atoms with Crippen LogP contribution in [0.1, 0.15) is 19.0 Å². The number of carbonyl (C=O) groups excluding carboxylic acids is 1. The summed E-state index contributed by atoms with van der Waals surface area (Å²) in [6.45, 7) is 1.35. The van der Waals surface area contributed by atoms with E-state index >= 15 is 0 Å². The maximum atomic E-state index is 11.6. The first-order valence-electron chi connectivity index (χ1n) is 9.60. The number of nitrogens with one attached hydrogen (secondary N) is 1. The highest BCUT2D eigenvalue weighted by Gasteiger charge is 2.21. The number of non-ortho nitro benzene ring substituents is 1. The number of aromatic hydroxyl groups is 1. The average molecular weight is 447 g/mol. The van der Waals surface area contributed by atoms with Gasteiger partial charge in [-0.15, -0.1) is 0 Å². The van der Waals surface area contributed by atoms with Gasteiger partial charge in [0.25, 0.3) is 5.69 Å². The van der Waals surface area contributed by atoms with Crippen LogP contribution in [0.25, 0.3) is 28.2 Å². The van der Waals surface area contributed by atoms with Crippen molar-refractivity contribution in [3.63, 3.8) is 0 Å². The van der Waals surface area contributed by atoms with Crippen molar-refractivity contribution in [3.05, 3.63) is 76.5 Å². The van der Waals surface area contributed by atoms with Crippen LogP contribution in [0.5, 0.6) is 5.75 Å². The number of phenols is 1. The molecule has 8 nitrogen and oxygen atoms in total. The van der Waals surface area contributed by atoms with Crippen molar-refractivity contribution in [2.24, 2.45) is 0 Å². The van der Waals surface area contributed by atoms with E-state index in [1.807, 2.05) is 12.2 Å². The fraction of sp³-hybridized carbons (Fsp3) is 0.0870. The second kappa shape index (κ2) is 8.56. The number of oxazole rings is 1. The molecule has 1 heterocycles. The molecular formula is C23H17N3O5S. The topological polar surface area (TPSA) is 118 Å². The second-order valence-corrected chi connectivity index (χ2v) is 7.61. The fourth-order valence-corrected chi connectivity index (χ4v) is 3.52. The van der Waals surface area contributed by atoms with Gasteiger partial charge in [-0.05, 0) is 29.3 Å². The smallest absolute Gasteiger partial charge is 0.270 e. The SMILES string of the molecule is CC(=O)Nc1oc(-c2ccc(-c3cccc([N+](=O)[O-])c3)cc2O)nc1C1=CC(=S)CC=C1. The molecular weight excluding hydrogens is 430 g/mol. The molecule has 0 bridgehead atoms. The number of carbonyl (C=O) groups is 1. The number of amides is 1. The number of hydrogen-bond donors (Lipinski definition) is 2. The second-order valence-electron chi connectivity index (χ2n) is 7.09. The number of anilines is 1. The number of rotatable bonds is 5. The molecule has 1 aliphatic carbocycles. The predicted octanol–water partition coefficient (Wildman–Crippen LogP) is 5.29. The van der Waals surface area contributed by atoms with Gasteiger partial charge in [0.15, 0.2) is 0 Å². The van der Waals surface area contributed by atoms with Gasteiger partial charge in [-0.2, -0.15) is 0 Å². The van der Waals surface area contributed by atoms with Crippen molar-refractivity contribution in [2.45, 2.75) is 13.3 Å². The van der Waals surface area contributed by atoms with Crippen LogP contribution in [-0.2, 0) is 4.79 Å². The number of phenolic OH excluding ortho intramolecular Hbond substituents is 1. The number of hydrogen-bond acceptors (Lipinski definition) is 7. The Labute approximate surface area is 188 Å². The highest BCUT2D eigenvalue weighted by molar-refractivity contribution is 7.80. The lowest BCUT2D eigenvalue weighted by Gasteiger charge is -2.06. The Morgan fingerprint density at radius 1 is 1.25 bits per heavy atom. The van der Waals surface area contributed by atoms with E-state index in [1.165, 1.54) is 25.1 Å². The van der Waals surface area contributed by atoms with Gasteiger partial charge in [0.1, 0.15) is 11.4 Å². The molecule has 0 spiro atoms. The molecule has 0 saturated carbocycles. The summed E-state index contributed by atoms with van der Waals surface area (Å²) in [5.74, 6) is -0.199. The maximum absolute atomic E-state index is 11.6. The predicted molar refractivity (Wildman–Crippen MR) is 124 cm³/mol. The molecule has 160 valence electrons. The van der Waals surface area contributed by atoms with Crippen molar-refractivity contribution in [2.75, 3.05) is 5.32 Å². The minimum Gasteiger partial charge on any atom is -0.507 e. The Morgan fingerprint density at radius 2 is 2.03 bits per heavy atom. The summed E-state index contributed by atoms with van der Waals surface area (Å²) in [6, 6.07) is 10.9. The number of allylic oxidation sites excluding steroid dienone is 4. The molecule has 2 aromatic carbocycles. The summed E-state index contributed by atoms with van der Waals surface area (Å²) in [4.78, 5) is 27.4. The molecule has 3 aromatic rings. The lowest BCUT2D eigenvalue weighted by molar-refractivity contribution is -0.384. The standard InChI is InChI=1S/C23H17N3O5S/c1-13(27)24-23-21(16-5-3-7-18(32)11-16)25-22(31-23)19-9-8-15(12-20(19)28)14-4-2-6-17(10-14)26(29)30/h2-6,8-12,28H,7H2,1H3,(H,24,27). The van der Waals surface area contributed by atoms with E-state index in [0.717, 1.165) is 4.86 Å². The average Bonchev–Trinajstić information content (AvgIpc) is 3.16. The zero-order valence-electron chi connectivity index (χ0n) is 16.9. The molecule has 9 heteroatoms. The van der Waals surface area contributed by atoms with Crippen LogP contribution in [0.4, 0.5) is 11.6 Å². The fourth-order valence-electron chi connectivity index (χ4n) is 3.30. The molecule has 0 unspecified atom stereocenters. The van der Waals surface area contributed by atoms with Gasteiger partial charge >= 0.3 is 0 Å². The summed E-state index contributed by atoms with van der Waals surface area (Å²) >= 11 is 5.27. The van der Waals surface area contributed by atoms with E-state index in [2.05, 4.69) is 10.3 Å². The van der Waals surface area contributed by atoms with Gasteiger partial charge in [-0.3, -0.25) is 20.2 Å². The van der Waals surface area contributed by atoms with Crippen molar-refractivity contribution in [3.8, 4) is 28.3 Å². The van der Waals surface area contributed by atoms with E-state index in [9.17, 15) is 20.0 Å². The van der Waals surface area contributed by atoms with Gasteiger partial charge in [0.05, 0.1) is 10.5 Å². The summed E-state index contributed by atoms with van der Waals surface area (Å²) in [6.07, 6.45) is 6.18. The zero-order chi connectivity index (χ0) is 22.8. The van der Waals surface area contributed by atoms with E-state index in [4.69, 9.17) is 16.6 Å². The monoisotopic (exact) mass is 447 g/mol. The van der Waals surface area contributed by atoms with Crippen molar-refractivity contribution in [1.29, 1.82) is 0 Å². The Bertz CT molecular complexity index is 1320. The molecule has 2 N–H and O–H groups in total. The molecule has 1 aromatic heterocycles. The number of nitro groups is 1. The van der Waals surface area contributed by atoms with Crippen molar-refractivity contribution in [1.82, 2.24) is 4.98 Å². The lowest BCUT2D eigenvalue weighted by Crippen LogP contribution is -2.07. The molecule has 0 saturated heterocycles. The van der Waals surface area contributed by atoms with Crippen LogP contribution in [-0.4, -0.2) is 25.8 Å². The van der Waals surface area contributed by atoms with Gasteiger partial charge in [-0.1, -0.05) is 42.6 Å². The summed E-state index contributed by atoms with van der Waals surface area (Å²) in [5, 5.41) is 24.3. The minimum absolute atomic E-state index is 0.0462. The molecule has 0 fully saturated rings. The van der Waals surface area contributed by atoms with Crippen LogP contribution in [0.15, 0.2) is 65.1 Å². The summed E-state index contributed by atoms with van der Waals surface area (Å²) in [7, 11) is 0. The first kappa shape index (κ1) is 21.1. The highest BCUT2D eigenvalue weighted by Crippen LogP contribution is 2.37. The molecule has 0 atom stereocenters. The Balaban J connectivity index is 1.74. The van der Waals surface area contributed by atoms with Crippen LogP contribution in [0.3, 0.4) is 0 Å². The first-order valence-corrected chi connectivity index (χ1v) is 10.0. The summed E-state index contributed by atoms with van der Waals surface area (Å²) < 4.78 is 5.77. The van der Waals surface area contributed by atoms with E-state index in [1.54, 1.807) is 30.3 Å². The third kappa shape index (κ3) is 4.33. The minimum atomic E-state index is -0.477. The quantitative estimate of drug-likeness (QED) is 0.310. The molecule has 1 aliphatic rings. The molecule has 0 radical (unpaired) electrons.